The molecule has 0 N–H and O–H groups in total. The predicted molar refractivity (Wildman–Crippen MR) is 57.6 cm³/mol. The Morgan fingerprint density at radius 1 is 1.00 bits per heavy atom. The first-order valence-electron chi connectivity index (χ1n) is 5.25. The van der Waals surface area contributed by atoms with Gasteiger partial charge in [0.1, 0.15) is 0 Å². The van der Waals surface area contributed by atoms with Crippen LogP contribution in [0.4, 0.5) is 0 Å². The molecular formula is C12H18N2. The van der Waals surface area contributed by atoms with Gasteiger partial charge in [-0.15, -0.1) is 0 Å². The highest BCUT2D eigenvalue weighted by molar-refractivity contribution is 5.10. The largest absolute Gasteiger partial charge is 0.311 e. The van der Waals surface area contributed by atoms with Crippen LogP contribution in [-0.4, -0.2) is 11.1 Å². The molecule has 0 aromatic carbocycles. The molecule has 0 heterocycles. The van der Waals surface area contributed by atoms with Crippen molar-refractivity contribution in [3.63, 3.8) is 0 Å². The number of hydrogen-bond acceptors (Lipinski definition) is 0. The molecule has 2 nitrogen and oxygen atoms in total. The molecule has 76 valence electrons. The van der Waals surface area contributed by atoms with Crippen molar-refractivity contribution in [2.45, 2.75) is 57.5 Å². The third-order valence-electron chi connectivity index (χ3n) is 3.76. The molecule has 0 atom stereocenters. The van der Waals surface area contributed by atoms with Gasteiger partial charge in [-0.05, 0) is 0 Å². The third-order valence-corrected chi connectivity index (χ3v) is 3.76. The van der Waals surface area contributed by atoms with E-state index in [1.807, 2.05) is 6.92 Å². The smallest absolute Gasteiger partial charge is 0.235 e. The standard InChI is InChI=1S/C12H18N2/c1-10(2)12(14-5)8-6-11(3,13-4)7-9-12/h10H,6-9H2,1-3H3. The zero-order valence-electron chi connectivity index (χ0n) is 9.30. The molecule has 1 aliphatic carbocycles. The van der Waals surface area contributed by atoms with Crippen LogP contribution in [0.15, 0.2) is 0 Å². The second-order valence-electron chi connectivity index (χ2n) is 4.98. The van der Waals surface area contributed by atoms with Crippen LogP contribution in [0.25, 0.3) is 9.69 Å². The van der Waals surface area contributed by atoms with Crippen molar-refractivity contribution in [3.8, 4) is 0 Å². The van der Waals surface area contributed by atoms with E-state index in [0.29, 0.717) is 5.92 Å². The van der Waals surface area contributed by atoms with Crippen molar-refractivity contribution in [2.24, 2.45) is 5.92 Å². The van der Waals surface area contributed by atoms with Crippen LogP contribution >= 0.6 is 0 Å². The zero-order valence-corrected chi connectivity index (χ0v) is 9.30. The summed E-state index contributed by atoms with van der Waals surface area (Å²) in [6, 6.07) is 0. The second kappa shape index (κ2) is 3.62. The molecule has 1 fully saturated rings. The molecule has 14 heavy (non-hydrogen) atoms. The number of hydrogen-bond donors (Lipinski definition) is 0. The van der Waals surface area contributed by atoms with Gasteiger partial charge in [0.05, 0.1) is 0 Å². The van der Waals surface area contributed by atoms with Crippen LogP contribution in [0.3, 0.4) is 0 Å². The van der Waals surface area contributed by atoms with Gasteiger partial charge < -0.3 is 9.69 Å². The summed E-state index contributed by atoms with van der Waals surface area (Å²) in [5.41, 5.74) is -0.368. The van der Waals surface area contributed by atoms with Gasteiger partial charge >= 0.3 is 0 Å². The fourth-order valence-corrected chi connectivity index (χ4v) is 2.15. The van der Waals surface area contributed by atoms with Crippen LogP contribution in [0.5, 0.6) is 0 Å². The van der Waals surface area contributed by atoms with Gasteiger partial charge in [-0.3, -0.25) is 0 Å². The normalized spacial score (nSPS) is 37.6. The Labute approximate surface area is 87.0 Å². The van der Waals surface area contributed by atoms with E-state index in [1.54, 1.807) is 0 Å². The lowest BCUT2D eigenvalue weighted by atomic mass is 9.69. The molecule has 1 aliphatic rings. The third kappa shape index (κ3) is 1.75. The SMILES string of the molecule is [C-]#[N+]C1(C)CCC([N+]#[C-])(C(C)C)CC1. The highest BCUT2D eigenvalue weighted by atomic mass is 14.9. The first kappa shape index (κ1) is 11.1. The predicted octanol–water partition coefficient (Wildman–Crippen LogP) is 3.55. The monoisotopic (exact) mass is 190 g/mol. The average molecular weight is 190 g/mol. The summed E-state index contributed by atoms with van der Waals surface area (Å²) in [6.07, 6.45) is 3.56. The highest BCUT2D eigenvalue weighted by Gasteiger charge is 2.50. The number of rotatable bonds is 1. The Morgan fingerprint density at radius 3 is 1.79 bits per heavy atom. The van der Waals surface area contributed by atoms with Crippen molar-refractivity contribution in [3.05, 3.63) is 22.8 Å². The fraction of sp³-hybridized carbons (Fsp3) is 0.833. The van der Waals surface area contributed by atoms with Gasteiger partial charge in [-0.1, -0.05) is 13.8 Å². The summed E-state index contributed by atoms with van der Waals surface area (Å²) in [4.78, 5) is 7.51. The molecule has 1 saturated carbocycles. The van der Waals surface area contributed by atoms with Gasteiger partial charge in [0.15, 0.2) is 0 Å². The van der Waals surface area contributed by atoms with Crippen molar-refractivity contribution in [1.29, 1.82) is 0 Å². The molecule has 0 aromatic rings. The minimum atomic E-state index is -0.191. The molecule has 0 aromatic heterocycles. The lowest BCUT2D eigenvalue weighted by Gasteiger charge is -2.33. The molecular weight excluding hydrogens is 172 g/mol. The van der Waals surface area contributed by atoms with Gasteiger partial charge in [0.25, 0.3) is 0 Å². The maximum absolute atomic E-state index is 7.31. The summed E-state index contributed by atoms with van der Waals surface area (Å²) in [5.74, 6) is 0.412. The minimum Gasteiger partial charge on any atom is -0.311 e. The lowest BCUT2D eigenvalue weighted by Crippen LogP contribution is -2.41. The molecule has 0 amide bonds. The molecule has 0 aliphatic heterocycles. The van der Waals surface area contributed by atoms with Crippen molar-refractivity contribution >= 4 is 0 Å². The van der Waals surface area contributed by atoms with E-state index in [0.717, 1.165) is 25.7 Å². The minimum absolute atomic E-state index is 0.176. The summed E-state index contributed by atoms with van der Waals surface area (Å²) in [7, 11) is 0. The van der Waals surface area contributed by atoms with Crippen molar-refractivity contribution in [2.75, 3.05) is 0 Å². The quantitative estimate of drug-likeness (QED) is 0.559. The summed E-state index contributed by atoms with van der Waals surface area (Å²) < 4.78 is 0. The Bertz CT molecular complexity index is 282. The lowest BCUT2D eigenvalue weighted by molar-refractivity contribution is 0.223. The summed E-state index contributed by atoms with van der Waals surface area (Å²) in [5, 5.41) is 0. The zero-order chi connectivity index (χ0) is 10.8. The van der Waals surface area contributed by atoms with Gasteiger partial charge in [-0.25, -0.2) is 13.1 Å². The Morgan fingerprint density at radius 2 is 1.50 bits per heavy atom. The van der Waals surface area contributed by atoms with E-state index in [9.17, 15) is 0 Å². The van der Waals surface area contributed by atoms with Crippen LogP contribution in [0.1, 0.15) is 46.5 Å². The fourth-order valence-electron chi connectivity index (χ4n) is 2.15. The Hall–Kier alpha value is -1.02. The highest BCUT2D eigenvalue weighted by Crippen LogP contribution is 2.43. The number of nitrogens with zero attached hydrogens (tertiary/aromatic N) is 2. The van der Waals surface area contributed by atoms with Crippen LogP contribution in [-0.2, 0) is 0 Å². The van der Waals surface area contributed by atoms with Crippen molar-refractivity contribution < 1.29 is 0 Å². The molecule has 2 heteroatoms. The molecule has 0 spiro atoms. The van der Waals surface area contributed by atoms with Crippen molar-refractivity contribution in [1.82, 2.24) is 0 Å². The van der Waals surface area contributed by atoms with Gasteiger partial charge in [0.2, 0.25) is 11.1 Å². The topological polar surface area (TPSA) is 8.72 Å². The van der Waals surface area contributed by atoms with E-state index >= 15 is 0 Å². The molecule has 0 radical (unpaired) electrons. The molecule has 1 rings (SSSR count). The first-order valence-corrected chi connectivity index (χ1v) is 5.25. The Kier molecular flexibility index (Phi) is 2.86. The van der Waals surface area contributed by atoms with Crippen LogP contribution in [0.2, 0.25) is 0 Å². The van der Waals surface area contributed by atoms with E-state index in [-0.39, 0.29) is 11.1 Å². The maximum Gasteiger partial charge on any atom is 0.235 e. The molecule has 0 unspecified atom stereocenters. The Balaban J connectivity index is 2.76. The van der Waals surface area contributed by atoms with E-state index in [1.165, 1.54) is 0 Å². The van der Waals surface area contributed by atoms with Gasteiger partial charge in [-0.2, -0.15) is 0 Å². The maximum atomic E-state index is 7.31. The second-order valence-corrected chi connectivity index (χ2v) is 4.98. The summed E-state index contributed by atoms with van der Waals surface area (Å²) >= 11 is 0. The average Bonchev–Trinajstić information content (AvgIpc) is 2.19. The van der Waals surface area contributed by atoms with E-state index < -0.39 is 0 Å². The van der Waals surface area contributed by atoms with Crippen LogP contribution < -0.4 is 0 Å². The molecule has 0 bridgehead atoms. The van der Waals surface area contributed by atoms with E-state index in [2.05, 4.69) is 23.5 Å². The van der Waals surface area contributed by atoms with E-state index in [4.69, 9.17) is 13.1 Å². The molecule has 0 saturated heterocycles. The summed E-state index contributed by atoms with van der Waals surface area (Å²) in [6.45, 7) is 20.7. The first-order chi connectivity index (χ1) is 6.48. The van der Waals surface area contributed by atoms with Crippen LogP contribution in [0, 0.1) is 19.1 Å². The van der Waals surface area contributed by atoms with Gasteiger partial charge in [0, 0.05) is 38.5 Å².